The minimum Gasteiger partial charge on any atom is -0.308 e. The zero-order chi connectivity index (χ0) is 14.1. The summed E-state index contributed by atoms with van der Waals surface area (Å²) in [4.78, 5) is 11.8. The number of imidazole rings is 1. The van der Waals surface area contributed by atoms with Crippen LogP contribution in [0.15, 0.2) is 18.3 Å². The van der Waals surface area contributed by atoms with Crippen LogP contribution in [0.4, 0.5) is 0 Å². The molecule has 0 bridgehead atoms. The standard InChI is InChI=1S/C16H24N4/c1-12(2)10-15-18-14-7-4-8-17-16(14)20(15)13-6-5-9-19(3)11-13/h4,7-8,12-13H,5-6,9-11H2,1-3H3. The molecule has 1 unspecified atom stereocenters. The molecule has 1 aliphatic rings. The van der Waals surface area contributed by atoms with Gasteiger partial charge in [0.1, 0.15) is 11.3 Å². The highest BCUT2D eigenvalue weighted by molar-refractivity contribution is 5.71. The van der Waals surface area contributed by atoms with Crippen LogP contribution in [0.3, 0.4) is 0 Å². The molecule has 2 aromatic heterocycles. The molecular weight excluding hydrogens is 248 g/mol. The molecule has 1 atom stereocenters. The molecule has 0 amide bonds. The van der Waals surface area contributed by atoms with Crippen LogP contribution in [-0.2, 0) is 6.42 Å². The van der Waals surface area contributed by atoms with Gasteiger partial charge in [0.15, 0.2) is 5.65 Å². The highest BCUT2D eigenvalue weighted by atomic mass is 15.2. The molecule has 1 aliphatic heterocycles. The van der Waals surface area contributed by atoms with Crippen LogP contribution < -0.4 is 0 Å². The summed E-state index contributed by atoms with van der Waals surface area (Å²) in [5.41, 5.74) is 2.10. The Morgan fingerprint density at radius 1 is 1.40 bits per heavy atom. The van der Waals surface area contributed by atoms with E-state index in [1.165, 1.54) is 25.2 Å². The van der Waals surface area contributed by atoms with E-state index in [1.807, 2.05) is 12.3 Å². The van der Waals surface area contributed by atoms with Gasteiger partial charge in [-0.15, -0.1) is 0 Å². The van der Waals surface area contributed by atoms with Crippen molar-refractivity contribution in [1.82, 2.24) is 19.4 Å². The van der Waals surface area contributed by atoms with Crippen molar-refractivity contribution in [3.63, 3.8) is 0 Å². The fourth-order valence-corrected chi connectivity index (χ4v) is 3.22. The molecule has 1 saturated heterocycles. The van der Waals surface area contributed by atoms with Gasteiger partial charge in [0.25, 0.3) is 0 Å². The fraction of sp³-hybridized carbons (Fsp3) is 0.625. The lowest BCUT2D eigenvalue weighted by Crippen LogP contribution is -2.34. The number of fused-ring (bicyclic) bond motifs is 1. The quantitative estimate of drug-likeness (QED) is 0.861. The molecule has 0 spiro atoms. The fourth-order valence-electron chi connectivity index (χ4n) is 3.22. The number of likely N-dealkylation sites (tertiary alicyclic amines) is 1. The van der Waals surface area contributed by atoms with E-state index < -0.39 is 0 Å². The summed E-state index contributed by atoms with van der Waals surface area (Å²) in [5, 5.41) is 0. The monoisotopic (exact) mass is 272 g/mol. The Balaban J connectivity index is 2.05. The molecule has 108 valence electrons. The average Bonchev–Trinajstić information content (AvgIpc) is 2.75. The lowest BCUT2D eigenvalue weighted by atomic mass is 10.0. The molecule has 20 heavy (non-hydrogen) atoms. The second-order valence-electron chi connectivity index (χ2n) is 6.40. The van der Waals surface area contributed by atoms with Crippen LogP contribution in [0.1, 0.15) is 38.6 Å². The van der Waals surface area contributed by atoms with Crippen LogP contribution in [0.25, 0.3) is 11.2 Å². The summed E-state index contributed by atoms with van der Waals surface area (Å²) in [5.74, 6) is 1.82. The van der Waals surface area contributed by atoms with Gasteiger partial charge in [-0.2, -0.15) is 0 Å². The molecule has 3 rings (SSSR count). The number of pyridine rings is 1. The summed E-state index contributed by atoms with van der Waals surface area (Å²) in [6.07, 6.45) is 5.40. The Labute approximate surface area is 120 Å². The maximum absolute atomic E-state index is 4.84. The van der Waals surface area contributed by atoms with Gasteiger partial charge in [0.2, 0.25) is 0 Å². The number of rotatable bonds is 3. The second kappa shape index (κ2) is 5.52. The molecule has 0 saturated carbocycles. The van der Waals surface area contributed by atoms with Gasteiger partial charge in [-0.3, -0.25) is 0 Å². The van der Waals surface area contributed by atoms with Gasteiger partial charge in [0, 0.05) is 25.2 Å². The third-order valence-corrected chi connectivity index (χ3v) is 4.08. The minimum atomic E-state index is 0.516. The highest BCUT2D eigenvalue weighted by Gasteiger charge is 2.24. The number of likely N-dealkylation sites (N-methyl/N-ethyl adjacent to an activating group) is 1. The Hall–Kier alpha value is -1.42. The van der Waals surface area contributed by atoms with Gasteiger partial charge in [-0.1, -0.05) is 13.8 Å². The first-order valence-electron chi connectivity index (χ1n) is 7.65. The number of hydrogen-bond donors (Lipinski definition) is 0. The number of piperidine rings is 1. The maximum atomic E-state index is 4.84. The first-order valence-corrected chi connectivity index (χ1v) is 7.65. The minimum absolute atomic E-state index is 0.516. The summed E-state index contributed by atoms with van der Waals surface area (Å²) < 4.78 is 2.41. The number of hydrogen-bond acceptors (Lipinski definition) is 3. The predicted molar refractivity (Wildman–Crippen MR) is 81.8 cm³/mol. The first-order chi connectivity index (χ1) is 9.65. The van der Waals surface area contributed by atoms with E-state index >= 15 is 0 Å². The van der Waals surface area contributed by atoms with Crippen LogP contribution in [-0.4, -0.2) is 39.6 Å². The number of aromatic nitrogens is 3. The molecular formula is C16H24N4. The first kappa shape index (κ1) is 13.6. The van der Waals surface area contributed by atoms with E-state index in [0.29, 0.717) is 12.0 Å². The highest BCUT2D eigenvalue weighted by Crippen LogP contribution is 2.27. The van der Waals surface area contributed by atoms with E-state index in [-0.39, 0.29) is 0 Å². The summed E-state index contributed by atoms with van der Waals surface area (Å²) >= 11 is 0. The lowest BCUT2D eigenvalue weighted by Gasteiger charge is -2.31. The largest absolute Gasteiger partial charge is 0.308 e. The van der Waals surface area contributed by atoms with Gasteiger partial charge in [-0.25, -0.2) is 9.97 Å². The van der Waals surface area contributed by atoms with Gasteiger partial charge in [0.05, 0.1) is 0 Å². The third kappa shape index (κ3) is 2.57. The lowest BCUT2D eigenvalue weighted by molar-refractivity contribution is 0.211. The molecule has 3 heterocycles. The Kier molecular flexibility index (Phi) is 3.74. The van der Waals surface area contributed by atoms with Gasteiger partial charge < -0.3 is 9.47 Å². The smallest absolute Gasteiger partial charge is 0.160 e. The SMILES string of the molecule is CC(C)Cc1nc2cccnc2n1C1CCCN(C)C1. The molecule has 1 fully saturated rings. The van der Waals surface area contributed by atoms with Crippen LogP contribution in [0.5, 0.6) is 0 Å². The van der Waals surface area contributed by atoms with E-state index in [4.69, 9.17) is 4.98 Å². The topological polar surface area (TPSA) is 34.0 Å². The van der Waals surface area contributed by atoms with E-state index in [9.17, 15) is 0 Å². The molecule has 2 aromatic rings. The van der Waals surface area contributed by atoms with Crippen molar-refractivity contribution in [3.05, 3.63) is 24.2 Å². The predicted octanol–water partition coefficient (Wildman–Crippen LogP) is 2.90. The van der Waals surface area contributed by atoms with Crippen molar-refractivity contribution in [2.45, 2.75) is 39.2 Å². The van der Waals surface area contributed by atoms with Crippen molar-refractivity contribution in [2.75, 3.05) is 20.1 Å². The van der Waals surface area contributed by atoms with Crippen molar-refractivity contribution in [1.29, 1.82) is 0 Å². The van der Waals surface area contributed by atoms with E-state index in [1.54, 1.807) is 0 Å². The van der Waals surface area contributed by atoms with Crippen molar-refractivity contribution in [3.8, 4) is 0 Å². The van der Waals surface area contributed by atoms with Crippen LogP contribution in [0, 0.1) is 5.92 Å². The van der Waals surface area contributed by atoms with Crippen LogP contribution >= 0.6 is 0 Å². The van der Waals surface area contributed by atoms with Crippen molar-refractivity contribution in [2.24, 2.45) is 5.92 Å². The molecule has 4 nitrogen and oxygen atoms in total. The molecule has 0 aliphatic carbocycles. The molecule has 0 aromatic carbocycles. The molecule has 0 radical (unpaired) electrons. The molecule has 4 heteroatoms. The second-order valence-corrected chi connectivity index (χ2v) is 6.40. The zero-order valence-electron chi connectivity index (χ0n) is 12.7. The van der Waals surface area contributed by atoms with Crippen LogP contribution in [0.2, 0.25) is 0 Å². The maximum Gasteiger partial charge on any atom is 0.160 e. The summed E-state index contributed by atoms with van der Waals surface area (Å²) in [6, 6.07) is 4.57. The number of nitrogens with zero attached hydrogens (tertiary/aromatic N) is 4. The average molecular weight is 272 g/mol. The van der Waals surface area contributed by atoms with E-state index in [2.05, 4.69) is 41.4 Å². The normalized spacial score (nSPS) is 20.9. The van der Waals surface area contributed by atoms with Crippen molar-refractivity contribution < 1.29 is 0 Å². The summed E-state index contributed by atoms with van der Waals surface area (Å²) in [6.45, 7) is 6.82. The zero-order valence-corrected chi connectivity index (χ0v) is 12.7. The van der Waals surface area contributed by atoms with E-state index in [0.717, 1.165) is 24.1 Å². The Morgan fingerprint density at radius 3 is 3.00 bits per heavy atom. The molecule has 0 N–H and O–H groups in total. The third-order valence-electron chi connectivity index (χ3n) is 4.08. The Bertz CT molecular complexity index is 587. The van der Waals surface area contributed by atoms with Gasteiger partial charge >= 0.3 is 0 Å². The Morgan fingerprint density at radius 2 is 2.25 bits per heavy atom. The van der Waals surface area contributed by atoms with Gasteiger partial charge in [-0.05, 0) is 44.5 Å². The summed E-state index contributed by atoms with van der Waals surface area (Å²) in [7, 11) is 2.21. The van der Waals surface area contributed by atoms with Crippen molar-refractivity contribution >= 4 is 11.2 Å².